The summed E-state index contributed by atoms with van der Waals surface area (Å²) in [4.78, 5) is 0. The number of ether oxygens (including phenoxy) is 1. The zero-order valence-corrected chi connectivity index (χ0v) is 10.4. The fraction of sp³-hybridized carbons (Fsp3) is 0.600. The van der Waals surface area contributed by atoms with Crippen LogP contribution in [0, 0.1) is 11.8 Å². The number of hydrogen-bond acceptors (Lipinski definition) is 1. The Bertz CT molecular complexity index is 298. The standard InChI is InChI=1S/C15H22O/c1-12(2)15(13-6-4-3-5-7-13)14-8-10-16-11-9-14/h3-7,12,14-15H,8-11H2,1-2H3/t15-/m1/s1. The summed E-state index contributed by atoms with van der Waals surface area (Å²) in [7, 11) is 0. The monoisotopic (exact) mass is 218 g/mol. The third kappa shape index (κ3) is 2.65. The van der Waals surface area contributed by atoms with Gasteiger partial charge >= 0.3 is 0 Å². The Labute approximate surface area is 98.8 Å². The Morgan fingerprint density at radius 2 is 1.69 bits per heavy atom. The molecule has 0 N–H and O–H groups in total. The van der Waals surface area contributed by atoms with E-state index in [4.69, 9.17) is 4.74 Å². The minimum atomic E-state index is 0.699. The molecule has 0 bridgehead atoms. The van der Waals surface area contributed by atoms with E-state index in [-0.39, 0.29) is 0 Å². The van der Waals surface area contributed by atoms with Gasteiger partial charge in [0.05, 0.1) is 0 Å². The average molecular weight is 218 g/mol. The summed E-state index contributed by atoms with van der Waals surface area (Å²) in [5.74, 6) is 2.21. The largest absolute Gasteiger partial charge is 0.381 e. The molecule has 0 saturated carbocycles. The lowest BCUT2D eigenvalue weighted by atomic mass is 9.75. The molecule has 1 nitrogen and oxygen atoms in total. The van der Waals surface area contributed by atoms with E-state index in [0.717, 1.165) is 19.1 Å². The summed E-state index contributed by atoms with van der Waals surface area (Å²) in [6.45, 7) is 6.57. The summed E-state index contributed by atoms with van der Waals surface area (Å²) >= 11 is 0. The predicted molar refractivity (Wildman–Crippen MR) is 67.6 cm³/mol. The molecule has 1 aromatic carbocycles. The molecular weight excluding hydrogens is 196 g/mol. The first kappa shape index (κ1) is 11.7. The molecule has 0 radical (unpaired) electrons. The van der Waals surface area contributed by atoms with Crippen molar-refractivity contribution in [2.45, 2.75) is 32.6 Å². The van der Waals surface area contributed by atoms with Gasteiger partial charge in [0.2, 0.25) is 0 Å². The van der Waals surface area contributed by atoms with Gasteiger partial charge in [-0.1, -0.05) is 44.2 Å². The van der Waals surface area contributed by atoms with Gasteiger partial charge in [-0.3, -0.25) is 0 Å². The molecule has 0 spiro atoms. The van der Waals surface area contributed by atoms with Crippen LogP contribution in [0.5, 0.6) is 0 Å². The molecule has 1 fully saturated rings. The van der Waals surface area contributed by atoms with Gasteiger partial charge in [0, 0.05) is 13.2 Å². The fourth-order valence-corrected chi connectivity index (χ4v) is 2.95. The van der Waals surface area contributed by atoms with Crippen molar-refractivity contribution in [3.63, 3.8) is 0 Å². The van der Waals surface area contributed by atoms with Crippen LogP contribution in [0.4, 0.5) is 0 Å². The van der Waals surface area contributed by atoms with Crippen molar-refractivity contribution in [2.75, 3.05) is 13.2 Å². The zero-order chi connectivity index (χ0) is 11.4. The molecule has 1 aliphatic rings. The van der Waals surface area contributed by atoms with E-state index in [2.05, 4.69) is 44.2 Å². The summed E-state index contributed by atoms with van der Waals surface area (Å²) in [5, 5.41) is 0. The van der Waals surface area contributed by atoms with Gasteiger partial charge in [-0.25, -0.2) is 0 Å². The highest BCUT2D eigenvalue weighted by molar-refractivity contribution is 5.21. The lowest BCUT2D eigenvalue weighted by Gasteiger charge is -2.33. The molecule has 16 heavy (non-hydrogen) atoms. The van der Waals surface area contributed by atoms with E-state index in [1.165, 1.54) is 18.4 Å². The molecule has 0 aliphatic carbocycles. The first-order valence-corrected chi connectivity index (χ1v) is 6.41. The van der Waals surface area contributed by atoms with Gasteiger partial charge < -0.3 is 4.74 Å². The minimum Gasteiger partial charge on any atom is -0.381 e. The molecule has 1 aromatic rings. The van der Waals surface area contributed by atoms with Crippen LogP contribution >= 0.6 is 0 Å². The molecule has 1 aliphatic heterocycles. The van der Waals surface area contributed by atoms with Crippen LogP contribution in [0.25, 0.3) is 0 Å². The summed E-state index contributed by atoms with van der Waals surface area (Å²) < 4.78 is 5.47. The van der Waals surface area contributed by atoms with Crippen LogP contribution in [0.3, 0.4) is 0 Å². The van der Waals surface area contributed by atoms with Crippen molar-refractivity contribution in [2.24, 2.45) is 11.8 Å². The lowest BCUT2D eigenvalue weighted by Crippen LogP contribution is -2.25. The van der Waals surface area contributed by atoms with Gasteiger partial charge in [0.15, 0.2) is 0 Å². The van der Waals surface area contributed by atoms with Gasteiger partial charge in [0.25, 0.3) is 0 Å². The van der Waals surface area contributed by atoms with Gasteiger partial charge in [-0.15, -0.1) is 0 Å². The second-order valence-corrected chi connectivity index (χ2v) is 5.13. The molecule has 1 heteroatoms. The molecule has 2 rings (SSSR count). The minimum absolute atomic E-state index is 0.699. The van der Waals surface area contributed by atoms with Crippen LogP contribution in [0.15, 0.2) is 30.3 Å². The topological polar surface area (TPSA) is 9.23 Å². The van der Waals surface area contributed by atoms with Crippen LogP contribution in [-0.4, -0.2) is 13.2 Å². The van der Waals surface area contributed by atoms with Crippen molar-refractivity contribution in [3.05, 3.63) is 35.9 Å². The van der Waals surface area contributed by atoms with Crippen molar-refractivity contribution in [1.29, 1.82) is 0 Å². The van der Waals surface area contributed by atoms with Crippen molar-refractivity contribution < 1.29 is 4.74 Å². The lowest BCUT2D eigenvalue weighted by molar-refractivity contribution is 0.0522. The number of hydrogen-bond donors (Lipinski definition) is 0. The third-order valence-corrected chi connectivity index (χ3v) is 3.68. The Hall–Kier alpha value is -0.820. The maximum atomic E-state index is 5.47. The average Bonchev–Trinajstić information content (AvgIpc) is 2.31. The van der Waals surface area contributed by atoms with Crippen LogP contribution in [0.1, 0.15) is 38.2 Å². The maximum Gasteiger partial charge on any atom is 0.0468 e. The highest BCUT2D eigenvalue weighted by atomic mass is 16.5. The second kappa shape index (κ2) is 5.49. The fourth-order valence-electron chi connectivity index (χ4n) is 2.95. The quantitative estimate of drug-likeness (QED) is 0.748. The van der Waals surface area contributed by atoms with E-state index in [0.29, 0.717) is 11.8 Å². The highest BCUT2D eigenvalue weighted by Crippen LogP contribution is 2.37. The van der Waals surface area contributed by atoms with E-state index < -0.39 is 0 Å². The Balaban J connectivity index is 2.16. The Kier molecular flexibility index (Phi) is 4.00. The number of benzene rings is 1. The number of rotatable bonds is 3. The van der Waals surface area contributed by atoms with Crippen LogP contribution in [0.2, 0.25) is 0 Å². The van der Waals surface area contributed by atoms with Crippen molar-refractivity contribution in [1.82, 2.24) is 0 Å². The van der Waals surface area contributed by atoms with E-state index in [1.54, 1.807) is 0 Å². The van der Waals surface area contributed by atoms with Crippen LogP contribution in [-0.2, 0) is 4.74 Å². The van der Waals surface area contributed by atoms with E-state index in [9.17, 15) is 0 Å². The van der Waals surface area contributed by atoms with Crippen molar-refractivity contribution >= 4 is 0 Å². The van der Waals surface area contributed by atoms with Gasteiger partial charge in [0.1, 0.15) is 0 Å². The van der Waals surface area contributed by atoms with E-state index >= 15 is 0 Å². The second-order valence-electron chi connectivity index (χ2n) is 5.13. The first-order valence-electron chi connectivity index (χ1n) is 6.41. The van der Waals surface area contributed by atoms with Crippen molar-refractivity contribution in [3.8, 4) is 0 Å². The first-order chi connectivity index (χ1) is 7.79. The molecule has 88 valence electrons. The smallest absolute Gasteiger partial charge is 0.0468 e. The Morgan fingerprint density at radius 1 is 1.06 bits per heavy atom. The molecule has 0 amide bonds. The molecule has 1 saturated heterocycles. The summed E-state index contributed by atoms with van der Waals surface area (Å²) in [6, 6.07) is 11.0. The van der Waals surface area contributed by atoms with Crippen LogP contribution < -0.4 is 0 Å². The van der Waals surface area contributed by atoms with E-state index in [1.807, 2.05) is 0 Å². The predicted octanol–water partition coefficient (Wildman–Crippen LogP) is 3.85. The molecule has 1 atom stereocenters. The van der Waals surface area contributed by atoms with Gasteiger partial charge in [-0.05, 0) is 36.2 Å². The third-order valence-electron chi connectivity index (χ3n) is 3.68. The summed E-state index contributed by atoms with van der Waals surface area (Å²) in [5.41, 5.74) is 1.50. The molecule has 1 heterocycles. The molecular formula is C15H22O. The maximum absolute atomic E-state index is 5.47. The molecule has 0 aromatic heterocycles. The SMILES string of the molecule is CC(C)[C@H](c1ccccc1)C1CCOCC1. The normalized spacial score (nSPS) is 19.9. The highest BCUT2D eigenvalue weighted by Gasteiger charge is 2.27. The zero-order valence-electron chi connectivity index (χ0n) is 10.4. The Morgan fingerprint density at radius 3 is 2.25 bits per heavy atom. The molecule has 0 unspecified atom stereocenters. The summed E-state index contributed by atoms with van der Waals surface area (Å²) in [6.07, 6.45) is 2.44. The van der Waals surface area contributed by atoms with Gasteiger partial charge in [-0.2, -0.15) is 0 Å².